The third kappa shape index (κ3) is 4.10. The van der Waals surface area contributed by atoms with Crippen LogP contribution in [-0.4, -0.2) is 31.1 Å². The molecular weight excluding hydrogens is 354 g/mol. The molecule has 3 aromatic rings. The molecule has 1 aliphatic heterocycles. The van der Waals surface area contributed by atoms with E-state index in [0.717, 1.165) is 0 Å². The molecule has 2 amide bonds. The first-order chi connectivity index (χ1) is 13.7. The van der Waals surface area contributed by atoms with Crippen molar-refractivity contribution in [2.75, 3.05) is 18.1 Å². The van der Waals surface area contributed by atoms with E-state index in [0.29, 0.717) is 35.8 Å². The average Bonchev–Trinajstić information content (AvgIpc) is 3.58. The van der Waals surface area contributed by atoms with Gasteiger partial charge < -0.3 is 9.47 Å². The summed E-state index contributed by atoms with van der Waals surface area (Å²) in [4.78, 5) is 27.6. The number of ether oxygens (including phenoxy) is 2. The third-order valence-electron chi connectivity index (χ3n) is 4.36. The fourth-order valence-corrected chi connectivity index (χ4v) is 2.82. The maximum atomic E-state index is 13.3. The van der Waals surface area contributed by atoms with E-state index < -0.39 is 5.91 Å². The lowest BCUT2D eigenvalue weighted by Crippen LogP contribution is -2.37. The molecule has 4 rings (SSSR count). The lowest BCUT2D eigenvalue weighted by atomic mass is 10.1. The lowest BCUT2D eigenvalue weighted by molar-refractivity contribution is 0.0897. The van der Waals surface area contributed by atoms with Crippen molar-refractivity contribution in [2.45, 2.75) is 6.10 Å². The lowest BCUT2D eigenvalue weighted by Gasteiger charge is -2.21. The van der Waals surface area contributed by atoms with Gasteiger partial charge in [0.15, 0.2) is 0 Å². The molecule has 3 aromatic carbocycles. The molecule has 0 N–H and O–H groups in total. The number of hydrogen-bond acceptors (Lipinski definition) is 4. The van der Waals surface area contributed by atoms with Crippen LogP contribution in [-0.2, 0) is 4.74 Å². The van der Waals surface area contributed by atoms with E-state index in [9.17, 15) is 9.59 Å². The molecule has 5 heteroatoms. The van der Waals surface area contributed by atoms with Crippen LogP contribution in [0.15, 0.2) is 84.9 Å². The van der Waals surface area contributed by atoms with Crippen LogP contribution in [0.2, 0.25) is 0 Å². The van der Waals surface area contributed by atoms with Gasteiger partial charge in [-0.15, -0.1) is 0 Å². The summed E-state index contributed by atoms with van der Waals surface area (Å²) >= 11 is 0. The zero-order valence-electron chi connectivity index (χ0n) is 15.2. The van der Waals surface area contributed by atoms with E-state index in [2.05, 4.69) is 0 Å². The van der Waals surface area contributed by atoms with Crippen molar-refractivity contribution >= 4 is 17.5 Å². The Morgan fingerprint density at radius 3 is 2.14 bits per heavy atom. The summed E-state index contributed by atoms with van der Waals surface area (Å²) in [5, 5.41) is 0. The summed E-state index contributed by atoms with van der Waals surface area (Å²) in [7, 11) is 0. The Balaban J connectivity index is 1.65. The second-order valence-electron chi connectivity index (χ2n) is 6.44. The Morgan fingerprint density at radius 1 is 0.857 bits per heavy atom. The van der Waals surface area contributed by atoms with Crippen LogP contribution in [0.4, 0.5) is 5.69 Å². The number of hydrogen-bond donors (Lipinski definition) is 0. The Hall–Kier alpha value is -3.44. The number of imide groups is 1. The Bertz CT molecular complexity index is 968. The molecule has 0 radical (unpaired) electrons. The topological polar surface area (TPSA) is 59.1 Å². The highest BCUT2D eigenvalue weighted by atomic mass is 16.6. The quantitative estimate of drug-likeness (QED) is 0.485. The smallest absolute Gasteiger partial charge is 0.265 e. The maximum Gasteiger partial charge on any atom is 0.265 e. The van der Waals surface area contributed by atoms with Gasteiger partial charge in [-0.2, -0.15) is 0 Å². The highest BCUT2D eigenvalue weighted by molar-refractivity contribution is 6.25. The maximum absolute atomic E-state index is 13.3. The molecule has 140 valence electrons. The van der Waals surface area contributed by atoms with Crippen molar-refractivity contribution in [3.05, 3.63) is 96.1 Å². The van der Waals surface area contributed by atoms with E-state index in [1.807, 2.05) is 12.1 Å². The summed E-state index contributed by atoms with van der Waals surface area (Å²) in [6.07, 6.45) is 0.125. The molecule has 0 bridgehead atoms. The minimum atomic E-state index is -0.409. The highest BCUT2D eigenvalue weighted by Gasteiger charge is 2.27. The number of nitrogens with zero attached hydrogens (tertiary/aromatic N) is 1. The summed E-state index contributed by atoms with van der Waals surface area (Å²) in [6, 6.07) is 24.5. The Labute approximate surface area is 163 Å². The van der Waals surface area contributed by atoms with Crippen LogP contribution in [0.5, 0.6) is 5.75 Å². The van der Waals surface area contributed by atoms with Gasteiger partial charge in [-0.05, 0) is 42.5 Å². The summed E-state index contributed by atoms with van der Waals surface area (Å²) < 4.78 is 10.8. The van der Waals surface area contributed by atoms with Gasteiger partial charge in [0.1, 0.15) is 18.5 Å². The molecule has 5 nitrogen and oxygen atoms in total. The Kier molecular flexibility index (Phi) is 5.17. The zero-order valence-corrected chi connectivity index (χ0v) is 15.2. The SMILES string of the molecule is O=C(c1ccccc1)N(C(=O)c1cccc(OCC2CO2)c1)c1ccccc1. The van der Waals surface area contributed by atoms with E-state index in [4.69, 9.17) is 9.47 Å². The Morgan fingerprint density at radius 2 is 1.46 bits per heavy atom. The van der Waals surface area contributed by atoms with Crippen LogP contribution in [0.1, 0.15) is 20.7 Å². The molecule has 1 unspecified atom stereocenters. The van der Waals surface area contributed by atoms with Crippen LogP contribution in [0, 0.1) is 0 Å². The number of epoxide rings is 1. The second kappa shape index (κ2) is 8.06. The number of para-hydroxylation sites is 1. The largest absolute Gasteiger partial charge is 0.491 e. The molecule has 0 aromatic heterocycles. The van der Waals surface area contributed by atoms with Gasteiger partial charge in [-0.3, -0.25) is 9.59 Å². The van der Waals surface area contributed by atoms with E-state index in [1.54, 1.807) is 72.8 Å². The van der Waals surface area contributed by atoms with Crippen LogP contribution in [0.3, 0.4) is 0 Å². The van der Waals surface area contributed by atoms with Gasteiger partial charge in [0, 0.05) is 11.1 Å². The molecule has 1 atom stereocenters. The van der Waals surface area contributed by atoms with E-state index in [-0.39, 0.29) is 12.0 Å². The van der Waals surface area contributed by atoms with Gasteiger partial charge >= 0.3 is 0 Å². The van der Waals surface area contributed by atoms with Crippen molar-refractivity contribution in [3.63, 3.8) is 0 Å². The number of benzene rings is 3. The molecule has 28 heavy (non-hydrogen) atoms. The molecule has 0 saturated carbocycles. The minimum absolute atomic E-state index is 0.125. The first-order valence-corrected chi connectivity index (χ1v) is 9.06. The van der Waals surface area contributed by atoms with Crippen molar-refractivity contribution in [1.29, 1.82) is 0 Å². The van der Waals surface area contributed by atoms with Crippen molar-refractivity contribution in [1.82, 2.24) is 0 Å². The standard InChI is InChI=1S/C23H19NO4/c25-22(17-8-3-1-4-9-17)24(19-11-5-2-6-12-19)23(26)18-10-7-13-20(14-18)27-15-21-16-28-21/h1-14,21H,15-16H2. The molecule has 0 aliphatic carbocycles. The van der Waals surface area contributed by atoms with Gasteiger partial charge in [0.05, 0.1) is 12.3 Å². The zero-order chi connectivity index (χ0) is 19.3. The first kappa shape index (κ1) is 17.9. The monoisotopic (exact) mass is 373 g/mol. The van der Waals surface area contributed by atoms with Gasteiger partial charge in [0.2, 0.25) is 0 Å². The number of carbonyl (C=O) groups excluding carboxylic acids is 2. The van der Waals surface area contributed by atoms with Gasteiger partial charge in [-0.25, -0.2) is 4.90 Å². The average molecular weight is 373 g/mol. The summed E-state index contributed by atoms with van der Waals surface area (Å²) in [5.41, 5.74) is 1.33. The summed E-state index contributed by atoms with van der Waals surface area (Å²) in [6.45, 7) is 1.15. The van der Waals surface area contributed by atoms with E-state index >= 15 is 0 Å². The van der Waals surface area contributed by atoms with Crippen LogP contribution >= 0.6 is 0 Å². The number of carbonyl (C=O) groups is 2. The number of anilines is 1. The van der Waals surface area contributed by atoms with Crippen molar-refractivity contribution < 1.29 is 19.1 Å². The highest BCUT2D eigenvalue weighted by Crippen LogP contribution is 2.23. The molecule has 1 fully saturated rings. The van der Waals surface area contributed by atoms with Crippen molar-refractivity contribution in [2.24, 2.45) is 0 Å². The molecule has 1 heterocycles. The fraction of sp³-hybridized carbons (Fsp3) is 0.130. The normalized spacial score (nSPS) is 14.9. The second-order valence-corrected chi connectivity index (χ2v) is 6.44. The van der Waals surface area contributed by atoms with Gasteiger partial charge in [0.25, 0.3) is 11.8 Å². The van der Waals surface area contributed by atoms with Crippen LogP contribution in [0.25, 0.3) is 0 Å². The van der Waals surface area contributed by atoms with Crippen molar-refractivity contribution in [3.8, 4) is 5.75 Å². The third-order valence-corrected chi connectivity index (χ3v) is 4.36. The predicted octanol–water partition coefficient (Wildman–Crippen LogP) is 3.95. The summed E-state index contributed by atoms with van der Waals surface area (Å²) in [5.74, 6) is -0.218. The molecular formula is C23H19NO4. The molecule has 1 saturated heterocycles. The predicted molar refractivity (Wildman–Crippen MR) is 106 cm³/mol. The molecule has 0 spiro atoms. The number of rotatable bonds is 6. The van der Waals surface area contributed by atoms with E-state index in [1.165, 1.54) is 4.90 Å². The van der Waals surface area contributed by atoms with Gasteiger partial charge in [-0.1, -0.05) is 42.5 Å². The first-order valence-electron chi connectivity index (χ1n) is 9.06. The fourth-order valence-electron chi connectivity index (χ4n) is 2.82. The number of amides is 2. The van der Waals surface area contributed by atoms with Crippen LogP contribution < -0.4 is 9.64 Å². The molecule has 1 aliphatic rings. The minimum Gasteiger partial charge on any atom is -0.491 e.